The van der Waals surface area contributed by atoms with E-state index in [-0.39, 0.29) is 41.8 Å². The summed E-state index contributed by atoms with van der Waals surface area (Å²) in [4.78, 5) is 28.0. The zero-order valence-electron chi connectivity index (χ0n) is 22.1. The van der Waals surface area contributed by atoms with Gasteiger partial charge in [-0.15, -0.1) is 0 Å². The van der Waals surface area contributed by atoms with Gasteiger partial charge in [-0.25, -0.2) is 0 Å². The van der Waals surface area contributed by atoms with Gasteiger partial charge in [0.1, 0.15) is 11.9 Å². The van der Waals surface area contributed by atoms with Crippen molar-refractivity contribution >= 4 is 35.1 Å². The molecule has 1 aliphatic heterocycles. The van der Waals surface area contributed by atoms with Crippen LogP contribution in [0.25, 0.3) is 0 Å². The Morgan fingerprint density at radius 2 is 1.95 bits per heavy atom. The molecule has 1 heterocycles. The zero-order valence-corrected chi connectivity index (χ0v) is 23.6. The van der Waals surface area contributed by atoms with Gasteiger partial charge in [0.2, 0.25) is 5.91 Å². The number of likely N-dealkylation sites (tertiary alicyclic amines) is 1. The summed E-state index contributed by atoms with van der Waals surface area (Å²) in [5, 5.41) is 4.16. The second-order valence-corrected chi connectivity index (χ2v) is 12.0. The van der Waals surface area contributed by atoms with Gasteiger partial charge in [-0.3, -0.25) is 9.59 Å². The van der Waals surface area contributed by atoms with Gasteiger partial charge in [0.25, 0.3) is 0 Å². The highest BCUT2D eigenvalue weighted by Gasteiger charge is 2.54. The second-order valence-electron chi connectivity index (χ2n) is 11.2. The topological polar surface area (TPSA) is 67.9 Å². The van der Waals surface area contributed by atoms with E-state index < -0.39 is 0 Å². The van der Waals surface area contributed by atoms with Crippen LogP contribution >= 0.6 is 23.2 Å². The number of hydrogen-bond acceptors (Lipinski definition) is 5. The van der Waals surface area contributed by atoms with Crippen molar-refractivity contribution in [1.29, 1.82) is 0 Å². The molecule has 0 radical (unpaired) electrons. The first-order valence-corrected chi connectivity index (χ1v) is 14.3. The third-order valence-electron chi connectivity index (χ3n) is 8.50. The first-order valence-electron chi connectivity index (χ1n) is 13.5. The molecule has 1 amide bonds. The summed E-state index contributed by atoms with van der Waals surface area (Å²) < 4.78 is 11.6. The van der Waals surface area contributed by atoms with Crippen molar-refractivity contribution in [2.75, 3.05) is 26.7 Å². The van der Waals surface area contributed by atoms with Gasteiger partial charge in [0, 0.05) is 43.8 Å². The third kappa shape index (κ3) is 6.13. The standard InChI is InChI=1S/C30H36Cl2N2O4/c1-19(35)38-28-15-23(33-29(36)13-21-8-9-26(31)27(32)12-21)16-30(22-4-3-5-24(14-22)37-2)10-11-34(18-25(28)30)17-20-6-7-20/h3-5,8-9,12,14,20,23,25,28H,6-7,10-11,13,15-18H2,1-2H3,(H,33,36). The predicted molar refractivity (Wildman–Crippen MR) is 149 cm³/mol. The molecule has 2 aliphatic carbocycles. The van der Waals surface area contributed by atoms with Crippen LogP contribution in [-0.2, 0) is 26.2 Å². The number of esters is 1. The lowest BCUT2D eigenvalue weighted by molar-refractivity contribution is -0.157. The van der Waals surface area contributed by atoms with Crippen molar-refractivity contribution in [1.82, 2.24) is 10.2 Å². The molecular formula is C30H36Cl2N2O4. The van der Waals surface area contributed by atoms with E-state index in [1.807, 2.05) is 18.2 Å². The zero-order chi connectivity index (χ0) is 26.9. The number of halogens is 2. The number of fused-ring (bicyclic) bond motifs is 1. The summed E-state index contributed by atoms with van der Waals surface area (Å²) in [6.45, 7) is 4.46. The minimum absolute atomic E-state index is 0.0830. The largest absolute Gasteiger partial charge is 0.497 e. The van der Waals surface area contributed by atoms with Crippen LogP contribution in [0.15, 0.2) is 42.5 Å². The smallest absolute Gasteiger partial charge is 0.302 e. The molecule has 3 fully saturated rings. The Labute approximate surface area is 235 Å². The number of ether oxygens (including phenoxy) is 2. The van der Waals surface area contributed by atoms with E-state index in [2.05, 4.69) is 22.3 Å². The average molecular weight is 560 g/mol. The van der Waals surface area contributed by atoms with Crippen LogP contribution in [0.4, 0.5) is 0 Å². The Bertz CT molecular complexity index is 1190. The molecule has 6 nitrogen and oxygen atoms in total. The molecule has 5 rings (SSSR count). The Morgan fingerprint density at radius 3 is 2.66 bits per heavy atom. The summed E-state index contributed by atoms with van der Waals surface area (Å²) >= 11 is 12.2. The molecule has 2 aromatic carbocycles. The average Bonchev–Trinajstić information content (AvgIpc) is 3.70. The van der Waals surface area contributed by atoms with E-state index in [9.17, 15) is 9.59 Å². The van der Waals surface area contributed by atoms with Crippen LogP contribution in [0.5, 0.6) is 5.75 Å². The van der Waals surface area contributed by atoms with E-state index in [1.54, 1.807) is 19.2 Å². The van der Waals surface area contributed by atoms with Crippen LogP contribution in [0.1, 0.15) is 50.2 Å². The lowest BCUT2D eigenvalue weighted by Gasteiger charge is -2.55. The van der Waals surface area contributed by atoms with E-state index in [4.69, 9.17) is 32.7 Å². The van der Waals surface area contributed by atoms with Gasteiger partial charge >= 0.3 is 5.97 Å². The molecule has 0 aromatic heterocycles. The van der Waals surface area contributed by atoms with Crippen LogP contribution in [0.3, 0.4) is 0 Å². The monoisotopic (exact) mass is 558 g/mol. The number of amides is 1. The first-order chi connectivity index (χ1) is 18.3. The molecule has 1 saturated heterocycles. The molecule has 8 heteroatoms. The van der Waals surface area contributed by atoms with Crippen molar-refractivity contribution in [3.63, 3.8) is 0 Å². The number of rotatable bonds is 8. The van der Waals surface area contributed by atoms with E-state index >= 15 is 0 Å². The quantitative estimate of drug-likeness (QED) is 0.438. The van der Waals surface area contributed by atoms with Crippen LogP contribution in [0.2, 0.25) is 10.0 Å². The minimum Gasteiger partial charge on any atom is -0.497 e. The van der Waals surface area contributed by atoms with Crippen molar-refractivity contribution in [3.8, 4) is 5.75 Å². The fraction of sp³-hybridized carbons (Fsp3) is 0.533. The van der Waals surface area contributed by atoms with Crippen LogP contribution < -0.4 is 10.1 Å². The SMILES string of the molecule is COc1cccc(C23CCN(CC4CC4)CC2C(OC(C)=O)CC(NC(=O)Cc2ccc(Cl)c(Cl)c2)C3)c1. The fourth-order valence-corrected chi connectivity index (χ4v) is 6.91. The minimum atomic E-state index is -0.287. The van der Waals surface area contributed by atoms with Crippen molar-refractivity contribution in [2.24, 2.45) is 11.8 Å². The van der Waals surface area contributed by atoms with Gasteiger partial charge in [-0.1, -0.05) is 41.4 Å². The highest BCUT2D eigenvalue weighted by atomic mass is 35.5. The maximum absolute atomic E-state index is 13.2. The number of benzene rings is 2. The highest BCUT2D eigenvalue weighted by molar-refractivity contribution is 6.42. The lowest BCUT2D eigenvalue weighted by Crippen LogP contribution is -2.61. The maximum Gasteiger partial charge on any atom is 0.302 e. The number of methoxy groups -OCH3 is 1. The van der Waals surface area contributed by atoms with Gasteiger partial charge in [-0.05, 0) is 73.5 Å². The summed E-state index contributed by atoms with van der Waals surface area (Å²) in [6.07, 6.45) is 4.85. The molecule has 4 atom stereocenters. The molecule has 2 aromatic rings. The number of piperidine rings is 1. The number of carbonyl (C=O) groups is 2. The van der Waals surface area contributed by atoms with Gasteiger partial charge in [-0.2, -0.15) is 0 Å². The molecule has 3 aliphatic rings. The Balaban J connectivity index is 1.42. The van der Waals surface area contributed by atoms with Crippen LogP contribution in [-0.4, -0.2) is 55.7 Å². The van der Waals surface area contributed by atoms with Gasteiger partial charge in [0.15, 0.2) is 0 Å². The molecule has 1 N–H and O–H groups in total. The van der Waals surface area contributed by atoms with E-state index in [1.165, 1.54) is 25.3 Å². The number of nitrogens with one attached hydrogen (secondary N) is 1. The van der Waals surface area contributed by atoms with Gasteiger partial charge < -0.3 is 19.7 Å². The number of hydrogen-bond donors (Lipinski definition) is 1. The molecule has 204 valence electrons. The van der Waals surface area contributed by atoms with Crippen molar-refractivity contribution in [2.45, 2.75) is 63.0 Å². The number of carbonyl (C=O) groups excluding carboxylic acids is 2. The highest BCUT2D eigenvalue weighted by Crippen LogP contribution is 2.51. The molecular weight excluding hydrogens is 523 g/mol. The Kier molecular flexibility index (Phi) is 8.22. The third-order valence-corrected chi connectivity index (χ3v) is 9.24. The summed E-state index contributed by atoms with van der Waals surface area (Å²) in [5.74, 6) is 1.38. The second kappa shape index (κ2) is 11.4. The van der Waals surface area contributed by atoms with Crippen molar-refractivity contribution in [3.05, 3.63) is 63.6 Å². The maximum atomic E-state index is 13.2. The molecule has 0 spiro atoms. The van der Waals surface area contributed by atoms with Gasteiger partial charge in [0.05, 0.1) is 23.6 Å². The van der Waals surface area contributed by atoms with Crippen LogP contribution in [0, 0.1) is 11.8 Å². The first kappa shape index (κ1) is 27.3. The normalized spacial score (nSPS) is 27.3. The molecule has 38 heavy (non-hydrogen) atoms. The number of nitrogens with zero attached hydrogens (tertiary/aromatic N) is 1. The van der Waals surface area contributed by atoms with Crippen molar-refractivity contribution < 1.29 is 19.1 Å². The Hall–Kier alpha value is -2.28. The summed E-state index contributed by atoms with van der Waals surface area (Å²) in [5.41, 5.74) is 1.75. The van der Waals surface area contributed by atoms with E-state index in [0.29, 0.717) is 16.5 Å². The molecule has 4 unspecified atom stereocenters. The summed E-state index contributed by atoms with van der Waals surface area (Å²) in [7, 11) is 1.68. The fourth-order valence-electron chi connectivity index (χ4n) is 6.59. The van der Waals surface area contributed by atoms with E-state index in [0.717, 1.165) is 49.7 Å². The Morgan fingerprint density at radius 1 is 1.13 bits per heavy atom. The lowest BCUT2D eigenvalue weighted by atomic mass is 9.57. The summed E-state index contributed by atoms with van der Waals surface area (Å²) in [6, 6.07) is 13.4. The molecule has 2 saturated carbocycles. The predicted octanol–water partition coefficient (Wildman–Crippen LogP) is 5.42. The molecule has 0 bridgehead atoms.